The quantitative estimate of drug-likeness (QED) is 0.743. The van der Waals surface area contributed by atoms with Crippen molar-refractivity contribution < 1.29 is 0 Å². The van der Waals surface area contributed by atoms with Crippen LogP contribution >= 0.6 is 0 Å². The first kappa shape index (κ1) is 15.2. The van der Waals surface area contributed by atoms with Gasteiger partial charge in [0.05, 0.1) is 6.33 Å². The number of anilines is 1. The van der Waals surface area contributed by atoms with Gasteiger partial charge in [-0.1, -0.05) is 0 Å². The maximum atomic E-state index is 4.55. The van der Waals surface area contributed by atoms with Crippen LogP contribution in [0.4, 0.5) is 5.82 Å². The summed E-state index contributed by atoms with van der Waals surface area (Å²) < 4.78 is 4.55. The van der Waals surface area contributed by atoms with Crippen LogP contribution in [0, 0.1) is 13.8 Å². The first-order valence-corrected chi connectivity index (χ1v) is 8.74. The van der Waals surface area contributed by atoms with E-state index < -0.39 is 0 Å². The molecule has 0 saturated carbocycles. The van der Waals surface area contributed by atoms with E-state index in [1.807, 2.05) is 6.33 Å². The van der Waals surface area contributed by atoms with Crippen LogP contribution in [0.3, 0.4) is 0 Å². The average molecular weight is 324 g/mol. The van der Waals surface area contributed by atoms with E-state index in [2.05, 4.69) is 61.9 Å². The van der Waals surface area contributed by atoms with Gasteiger partial charge < -0.3 is 14.0 Å². The van der Waals surface area contributed by atoms with Gasteiger partial charge in [-0.25, -0.2) is 15.0 Å². The monoisotopic (exact) mass is 324 g/mol. The van der Waals surface area contributed by atoms with Crippen LogP contribution in [-0.2, 0) is 6.54 Å². The fourth-order valence-electron chi connectivity index (χ4n) is 3.92. The summed E-state index contributed by atoms with van der Waals surface area (Å²) in [7, 11) is 0. The minimum atomic E-state index is 0.585. The molecule has 3 aromatic heterocycles. The number of aromatic nitrogens is 5. The Bertz CT molecular complexity index is 834. The van der Waals surface area contributed by atoms with Crippen molar-refractivity contribution in [3.05, 3.63) is 36.2 Å². The molecule has 1 aliphatic rings. The van der Waals surface area contributed by atoms with Gasteiger partial charge in [0.2, 0.25) is 0 Å². The Morgan fingerprint density at radius 3 is 2.42 bits per heavy atom. The minimum Gasteiger partial charge on any atom is -0.355 e. The Morgan fingerprint density at radius 2 is 1.75 bits per heavy atom. The zero-order valence-electron chi connectivity index (χ0n) is 14.6. The molecule has 6 heteroatoms. The highest BCUT2D eigenvalue weighted by Gasteiger charge is 2.25. The molecule has 0 atom stereocenters. The maximum absolute atomic E-state index is 4.55. The van der Waals surface area contributed by atoms with Crippen LogP contribution in [0.15, 0.2) is 24.8 Å². The van der Waals surface area contributed by atoms with Crippen LogP contribution in [0.25, 0.3) is 11.2 Å². The molecule has 0 radical (unpaired) electrons. The van der Waals surface area contributed by atoms with Crippen LogP contribution in [0.1, 0.15) is 37.2 Å². The van der Waals surface area contributed by atoms with Gasteiger partial charge in [0, 0.05) is 37.1 Å². The SMILES string of the molecule is CCn1cnc2c(N3CCC(n4c(C)ccc4C)CC3)ncnc21. The molecule has 6 nitrogen and oxygen atoms in total. The van der Waals surface area contributed by atoms with Crippen molar-refractivity contribution in [2.75, 3.05) is 18.0 Å². The fraction of sp³-hybridized carbons (Fsp3) is 0.500. The Kier molecular flexibility index (Phi) is 3.75. The standard InChI is InChI=1S/C18H24N6/c1-4-22-12-21-16-17(22)19-11-20-18(16)23-9-7-15(8-10-23)24-13(2)5-6-14(24)3/h5-6,11-12,15H,4,7-10H2,1-3H3. The lowest BCUT2D eigenvalue weighted by molar-refractivity contribution is 0.386. The Labute approximate surface area is 142 Å². The first-order chi connectivity index (χ1) is 11.7. The zero-order chi connectivity index (χ0) is 16.7. The van der Waals surface area contributed by atoms with Crippen LogP contribution in [0.5, 0.6) is 0 Å². The van der Waals surface area contributed by atoms with E-state index in [9.17, 15) is 0 Å². The van der Waals surface area contributed by atoms with Crippen molar-refractivity contribution >= 4 is 17.0 Å². The molecule has 4 rings (SSSR count). The molecular weight excluding hydrogens is 300 g/mol. The summed E-state index contributed by atoms with van der Waals surface area (Å²) in [6.45, 7) is 9.40. The number of fused-ring (bicyclic) bond motifs is 1. The van der Waals surface area contributed by atoms with Crippen molar-refractivity contribution in [3.63, 3.8) is 0 Å². The maximum Gasteiger partial charge on any atom is 0.165 e. The largest absolute Gasteiger partial charge is 0.355 e. The van der Waals surface area contributed by atoms with E-state index >= 15 is 0 Å². The second-order valence-corrected chi connectivity index (χ2v) is 6.60. The number of piperidine rings is 1. The second-order valence-electron chi connectivity index (χ2n) is 6.60. The summed E-state index contributed by atoms with van der Waals surface area (Å²) in [5.41, 5.74) is 4.57. The number of rotatable bonds is 3. The highest BCUT2D eigenvalue weighted by Crippen LogP contribution is 2.30. The van der Waals surface area contributed by atoms with Gasteiger partial charge in [0.1, 0.15) is 6.33 Å². The topological polar surface area (TPSA) is 51.8 Å². The van der Waals surface area contributed by atoms with E-state index in [4.69, 9.17) is 0 Å². The van der Waals surface area contributed by atoms with Crippen LogP contribution < -0.4 is 4.90 Å². The molecule has 1 fully saturated rings. The number of imidazole rings is 1. The lowest BCUT2D eigenvalue weighted by atomic mass is 10.0. The molecule has 0 unspecified atom stereocenters. The zero-order valence-corrected chi connectivity index (χ0v) is 14.6. The van der Waals surface area contributed by atoms with E-state index in [0.29, 0.717) is 6.04 Å². The van der Waals surface area contributed by atoms with Gasteiger partial charge in [-0.15, -0.1) is 0 Å². The Morgan fingerprint density at radius 1 is 1.04 bits per heavy atom. The highest BCUT2D eigenvalue weighted by atomic mass is 15.2. The summed E-state index contributed by atoms with van der Waals surface area (Å²) >= 11 is 0. The molecule has 24 heavy (non-hydrogen) atoms. The average Bonchev–Trinajstić information content (AvgIpc) is 3.18. The Balaban J connectivity index is 1.57. The molecule has 0 N–H and O–H groups in total. The fourth-order valence-corrected chi connectivity index (χ4v) is 3.92. The van der Waals surface area contributed by atoms with Crippen molar-refractivity contribution in [2.24, 2.45) is 0 Å². The third kappa shape index (κ3) is 2.37. The second kappa shape index (κ2) is 5.92. The normalized spacial score (nSPS) is 16.2. The molecule has 1 saturated heterocycles. The van der Waals surface area contributed by atoms with Crippen molar-refractivity contribution in [2.45, 2.75) is 46.2 Å². The molecule has 126 valence electrons. The van der Waals surface area contributed by atoms with E-state index in [1.54, 1.807) is 6.33 Å². The van der Waals surface area contributed by atoms with Gasteiger partial charge in [-0.3, -0.25) is 0 Å². The summed E-state index contributed by atoms with van der Waals surface area (Å²) in [4.78, 5) is 15.9. The smallest absolute Gasteiger partial charge is 0.165 e. The van der Waals surface area contributed by atoms with Gasteiger partial charge in [-0.2, -0.15) is 0 Å². The molecule has 3 aromatic rings. The highest BCUT2D eigenvalue weighted by molar-refractivity contribution is 5.83. The summed E-state index contributed by atoms with van der Waals surface area (Å²) in [6.07, 6.45) is 5.80. The van der Waals surface area contributed by atoms with Gasteiger partial charge >= 0.3 is 0 Å². The number of hydrogen-bond donors (Lipinski definition) is 0. The molecule has 0 amide bonds. The molecular formula is C18H24N6. The van der Waals surface area contributed by atoms with E-state index in [-0.39, 0.29) is 0 Å². The van der Waals surface area contributed by atoms with E-state index in [0.717, 1.165) is 49.5 Å². The van der Waals surface area contributed by atoms with E-state index in [1.165, 1.54) is 11.4 Å². The van der Waals surface area contributed by atoms with Crippen molar-refractivity contribution in [1.29, 1.82) is 0 Å². The lowest BCUT2D eigenvalue weighted by Crippen LogP contribution is -2.35. The van der Waals surface area contributed by atoms with Crippen LogP contribution in [-0.4, -0.2) is 37.2 Å². The molecule has 0 spiro atoms. The number of nitrogens with zero attached hydrogens (tertiary/aromatic N) is 6. The summed E-state index contributed by atoms with van der Waals surface area (Å²) in [6, 6.07) is 5.02. The van der Waals surface area contributed by atoms with Gasteiger partial charge in [-0.05, 0) is 45.7 Å². The number of aryl methyl sites for hydroxylation is 3. The lowest BCUT2D eigenvalue weighted by Gasteiger charge is -2.34. The van der Waals surface area contributed by atoms with Crippen molar-refractivity contribution in [1.82, 2.24) is 24.1 Å². The van der Waals surface area contributed by atoms with Gasteiger partial charge in [0.15, 0.2) is 17.0 Å². The predicted octanol–water partition coefficient (Wildman–Crippen LogP) is 3.11. The van der Waals surface area contributed by atoms with Crippen LogP contribution in [0.2, 0.25) is 0 Å². The van der Waals surface area contributed by atoms with Gasteiger partial charge in [0.25, 0.3) is 0 Å². The third-order valence-electron chi connectivity index (χ3n) is 5.18. The predicted molar refractivity (Wildman–Crippen MR) is 95.4 cm³/mol. The molecule has 0 bridgehead atoms. The Hall–Kier alpha value is -2.37. The first-order valence-electron chi connectivity index (χ1n) is 8.74. The molecule has 0 aromatic carbocycles. The summed E-state index contributed by atoms with van der Waals surface area (Å²) in [5, 5.41) is 0. The number of hydrogen-bond acceptors (Lipinski definition) is 4. The summed E-state index contributed by atoms with van der Waals surface area (Å²) in [5.74, 6) is 0.978. The molecule has 1 aliphatic heterocycles. The molecule has 0 aliphatic carbocycles. The van der Waals surface area contributed by atoms with Crippen molar-refractivity contribution in [3.8, 4) is 0 Å². The minimum absolute atomic E-state index is 0.585. The third-order valence-corrected chi connectivity index (χ3v) is 5.18. The molecule has 4 heterocycles.